The van der Waals surface area contributed by atoms with Crippen LogP contribution in [0.2, 0.25) is 0 Å². The average Bonchev–Trinajstić information content (AvgIpc) is 2.23. The molecule has 0 unspecified atom stereocenters. The molecule has 0 atom stereocenters. The molecule has 0 fully saturated rings. The summed E-state index contributed by atoms with van der Waals surface area (Å²) in [7, 11) is 0. The molecular weight excluding hydrogens is 246 g/mol. The summed E-state index contributed by atoms with van der Waals surface area (Å²) in [6.07, 6.45) is -0.0667. The number of nitrogens with one attached hydrogen (secondary N) is 1. The summed E-state index contributed by atoms with van der Waals surface area (Å²) in [6.45, 7) is 5.19. The third kappa shape index (κ3) is 9.43. The summed E-state index contributed by atoms with van der Waals surface area (Å²) < 4.78 is 4.74. The Balaban J connectivity index is 3.48. The minimum Gasteiger partial charge on any atom is -0.481 e. The number of hydrogen-bond donors (Lipinski definition) is 2. The lowest BCUT2D eigenvalue weighted by atomic mass is 10.4. The summed E-state index contributed by atoms with van der Waals surface area (Å²) in [4.78, 5) is 32.2. The van der Waals surface area contributed by atoms with Gasteiger partial charge in [-0.05, 0) is 6.92 Å². The van der Waals surface area contributed by atoms with E-state index < -0.39 is 11.9 Å². The topological polar surface area (TPSA) is 92.7 Å². The number of ether oxygens (including phenoxy) is 1. The summed E-state index contributed by atoms with van der Waals surface area (Å²) in [5, 5.41) is 10.5. The minimum atomic E-state index is -0.944. The number of amides is 1. The molecule has 0 aromatic rings. The third-order valence-corrected chi connectivity index (χ3v) is 2.32. The predicted molar refractivity (Wildman–Crippen MR) is 63.9 cm³/mol. The number of carbonyl (C=O) groups is 3. The lowest BCUT2D eigenvalue weighted by Gasteiger charge is -2.05. The van der Waals surface area contributed by atoms with E-state index in [4.69, 9.17) is 9.84 Å². The lowest BCUT2D eigenvalue weighted by Crippen LogP contribution is -2.25. The van der Waals surface area contributed by atoms with E-state index in [1.165, 1.54) is 6.92 Å². The van der Waals surface area contributed by atoms with Gasteiger partial charge >= 0.3 is 11.9 Å². The van der Waals surface area contributed by atoms with Gasteiger partial charge in [-0.1, -0.05) is 18.3 Å². The van der Waals surface area contributed by atoms with E-state index in [1.807, 2.05) is 0 Å². The molecule has 17 heavy (non-hydrogen) atoms. The number of thioether (sulfide) groups is 1. The molecule has 6 nitrogen and oxygen atoms in total. The molecule has 0 saturated carbocycles. The zero-order valence-electron chi connectivity index (χ0n) is 9.52. The summed E-state index contributed by atoms with van der Waals surface area (Å²) in [5.74, 6) is -1.23. The zero-order chi connectivity index (χ0) is 13.3. The molecule has 96 valence electrons. The Morgan fingerprint density at radius 1 is 1.41 bits per heavy atom. The van der Waals surface area contributed by atoms with Gasteiger partial charge in [-0.2, -0.15) is 0 Å². The number of aliphatic carboxylic acids is 1. The number of carboxylic acid groups (broad SMARTS) is 1. The van der Waals surface area contributed by atoms with Gasteiger partial charge in [0.2, 0.25) is 0 Å². The van der Waals surface area contributed by atoms with Crippen molar-refractivity contribution in [2.24, 2.45) is 0 Å². The second kappa shape index (κ2) is 8.63. The van der Waals surface area contributed by atoms with Crippen LogP contribution in [0, 0.1) is 0 Å². The van der Waals surface area contributed by atoms with Gasteiger partial charge in [0.1, 0.15) is 6.61 Å². The van der Waals surface area contributed by atoms with Gasteiger partial charge in [-0.3, -0.25) is 9.59 Å². The van der Waals surface area contributed by atoms with Crippen molar-refractivity contribution < 1.29 is 24.2 Å². The SMILES string of the molecule is C=C(C)C(=O)OCCNC(=O)SCCC(=O)O. The van der Waals surface area contributed by atoms with Crippen LogP contribution in [0.3, 0.4) is 0 Å². The average molecular weight is 261 g/mol. The summed E-state index contributed by atoms with van der Waals surface area (Å²) in [5.41, 5.74) is 0.298. The molecule has 0 aromatic carbocycles. The number of carboxylic acids is 1. The Bertz CT molecular complexity index is 316. The highest BCUT2D eigenvalue weighted by molar-refractivity contribution is 8.13. The van der Waals surface area contributed by atoms with E-state index >= 15 is 0 Å². The quantitative estimate of drug-likeness (QED) is 0.404. The summed E-state index contributed by atoms with van der Waals surface area (Å²) >= 11 is 0.881. The number of rotatable bonds is 7. The van der Waals surface area contributed by atoms with Crippen LogP contribution in [-0.2, 0) is 14.3 Å². The van der Waals surface area contributed by atoms with Crippen LogP contribution in [0.4, 0.5) is 4.79 Å². The number of hydrogen-bond acceptors (Lipinski definition) is 5. The molecule has 0 rings (SSSR count). The normalized spacial score (nSPS) is 9.47. The molecule has 0 bridgehead atoms. The molecule has 1 amide bonds. The van der Waals surface area contributed by atoms with Crippen LogP contribution < -0.4 is 5.32 Å². The molecule has 0 aromatic heterocycles. The van der Waals surface area contributed by atoms with E-state index in [0.717, 1.165) is 11.8 Å². The van der Waals surface area contributed by atoms with Gasteiger partial charge < -0.3 is 15.2 Å². The second-order valence-corrected chi connectivity index (χ2v) is 4.19. The molecule has 0 heterocycles. The fourth-order valence-corrected chi connectivity index (χ4v) is 1.37. The van der Waals surface area contributed by atoms with Crippen molar-refractivity contribution in [2.75, 3.05) is 18.9 Å². The van der Waals surface area contributed by atoms with Crippen LogP contribution in [0.5, 0.6) is 0 Å². The van der Waals surface area contributed by atoms with Gasteiger partial charge in [0.25, 0.3) is 5.24 Å². The minimum absolute atomic E-state index is 0.0664. The molecule has 7 heteroatoms. The van der Waals surface area contributed by atoms with Crippen molar-refractivity contribution in [2.45, 2.75) is 13.3 Å². The van der Waals surface area contributed by atoms with Gasteiger partial charge in [0, 0.05) is 11.3 Å². The number of carbonyl (C=O) groups excluding carboxylic acids is 2. The second-order valence-electron chi connectivity index (χ2n) is 3.12. The summed E-state index contributed by atoms with van der Waals surface area (Å²) in [6, 6.07) is 0. The molecule has 0 aliphatic carbocycles. The van der Waals surface area contributed by atoms with Gasteiger partial charge in [0.05, 0.1) is 13.0 Å². The van der Waals surface area contributed by atoms with Crippen molar-refractivity contribution >= 4 is 28.9 Å². The zero-order valence-corrected chi connectivity index (χ0v) is 10.3. The highest BCUT2D eigenvalue weighted by Gasteiger charge is 2.05. The molecule has 2 N–H and O–H groups in total. The van der Waals surface area contributed by atoms with E-state index in [1.54, 1.807) is 0 Å². The largest absolute Gasteiger partial charge is 0.481 e. The Morgan fingerprint density at radius 2 is 2.06 bits per heavy atom. The highest BCUT2D eigenvalue weighted by atomic mass is 32.2. The first-order chi connectivity index (χ1) is 7.93. The first-order valence-corrected chi connectivity index (χ1v) is 5.87. The Labute approximate surface area is 103 Å². The third-order valence-electron chi connectivity index (χ3n) is 1.50. The smallest absolute Gasteiger partial charge is 0.333 e. The first kappa shape index (κ1) is 15.5. The molecule has 0 spiro atoms. The Hall–Kier alpha value is -1.50. The van der Waals surface area contributed by atoms with Crippen LogP contribution in [0.1, 0.15) is 13.3 Å². The van der Waals surface area contributed by atoms with Gasteiger partial charge in [0.15, 0.2) is 0 Å². The van der Waals surface area contributed by atoms with E-state index in [-0.39, 0.29) is 30.6 Å². The van der Waals surface area contributed by atoms with Crippen molar-refractivity contribution in [1.29, 1.82) is 0 Å². The van der Waals surface area contributed by atoms with Gasteiger partial charge in [-0.25, -0.2) is 4.79 Å². The van der Waals surface area contributed by atoms with Crippen molar-refractivity contribution in [3.63, 3.8) is 0 Å². The maximum Gasteiger partial charge on any atom is 0.333 e. The molecule has 0 saturated heterocycles. The maximum atomic E-state index is 11.1. The molecule has 0 aliphatic rings. The molecule has 0 radical (unpaired) electrons. The molecule has 0 aliphatic heterocycles. The monoisotopic (exact) mass is 261 g/mol. The maximum absolute atomic E-state index is 11.1. The van der Waals surface area contributed by atoms with Crippen molar-refractivity contribution in [3.8, 4) is 0 Å². The van der Waals surface area contributed by atoms with Crippen molar-refractivity contribution in [1.82, 2.24) is 5.32 Å². The van der Waals surface area contributed by atoms with E-state index in [2.05, 4.69) is 11.9 Å². The lowest BCUT2D eigenvalue weighted by molar-refractivity contribution is -0.139. The van der Waals surface area contributed by atoms with Crippen LogP contribution in [0.25, 0.3) is 0 Å². The van der Waals surface area contributed by atoms with E-state index in [0.29, 0.717) is 5.57 Å². The Kier molecular flexibility index (Phi) is 7.87. The molecular formula is C10H15NO5S. The van der Waals surface area contributed by atoms with Crippen molar-refractivity contribution in [3.05, 3.63) is 12.2 Å². The van der Waals surface area contributed by atoms with Gasteiger partial charge in [-0.15, -0.1) is 0 Å². The number of esters is 1. The Morgan fingerprint density at radius 3 is 2.59 bits per heavy atom. The highest BCUT2D eigenvalue weighted by Crippen LogP contribution is 2.03. The van der Waals surface area contributed by atoms with Crippen LogP contribution in [0.15, 0.2) is 12.2 Å². The predicted octanol–water partition coefficient (Wildman–Crippen LogP) is 1.02. The standard InChI is InChI=1S/C10H15NO5S/c1-7(2)9(14)16-5-4-11-10(15)17-6-3-8(12)13/h1,3-6H2,2H3,(H,11,15)(H,12,13). The fraction of sp³-hybridized carbons (Fsp3) is 0.500. The fourth-order valence-electron chi connectivity index (χ4n) is 0.702. The van der Waals surface area contributed by atoms with Crippen LogP contribution >= 0.6 is 11.8 Å². The van der Waals surface area contributed by atoms with E-state index in [9.17, 15) is 14.4 Å². The van der Waals surface area contributed by atoms with Crippen LogP contribution in [-0.4, -0.2) is 41.2 Å². The first-order valence-electron chi connectivity index (χ1n) is 4.88.